The molecular weight excluding hydrogens is 534 g/mol. The van der Waals surface area contributed by atoms with Crippen molar-refractivity contribution < 1.29 is 14.3 Å². The molecule has 3 aromatic rings. The molecule has 6 nitrogen and oxygen atoms in total. The van der Waals surface area contributed by atoms with Crippen molar-refractivity contribution in [2.75, 3.05) is 19.6 Å². The standard InChI is InChI=1S/C37H51N3O3/c1-23-17-24(2)19-27(18-23)34-33(25(3)21-38-16-15-32(41)43-36(4,5)6)30-20-28(11-14-31(30)39-34)37(7,8)35(42)40-22-26-9-12-29(40)13-10-26/h11,14,17-20,25-26,29,38-39H,9-10,12-13,15-16,21-22H2,1-8H3/t25-,26?,29?/m1/s1. The van der Waals surface area contributed by atoms with Crippen LogP contribution < -0.4 is 5.32 Å². The van der Waals surface area contributed by atoms with Crippen molar-refractivity contribution in [3.63, 3.8) is 0 Å². The first-order valence-electron chi connectivity index (χ1n) is 16.2. The molecule has 43 heavy (non-hydrogen) atoms. The van der Waals surface area contributed by atoms with Gasteiger partial charge in [0.1, 0.15) is 5.60 Å². The normalized spacial score (nSPS) is 19.6. The van der Waals surface area contributed by atoms with Crippen LogP contribution in [0.25, 0.3) is 22.2 Å². The third-order valence-corrected chi connectivity index (χ3v) is 9.45. The van der Waals surface area contributed by atoms with Crippen molar-refractivity contribution in [2.45, 2.75) is 110 Å². The Labute approximate surface area is 258 Å². The molecule has 2 saturated heterocycles. The largest absolute Gasteiger partial charge is 0.460 e. The van der Waals surface area contributed by atoms with Crippen molar-refractivity contribution in [3.8, 4) is 11.3 Å². The van der Waals surface area contributed by atoms with Gasteiger partial charge in [-0.05, 0) is 127 Å². The molecule has 6 rings (SSSR count). The van der Waals surface area contributed by atoms with Crippen molar-refractivity contribution in [1.82, 2.24) is 15.2 Å². The van der Waals surface area contributed by atoms with E-state index in [9.17, 15) is 9.59 Å². The number of nitrogens with one attached hydrogen (secondary N) is 2. The average Bonchev–Trinajstić information content (AvgIpc) is 3.33. The zero-order valence-corrected chi connectivity index (χ0v) is 27.5. The van der Waals surface area contributed by atoms with Crippen LogP contribution in [0.5, 0.6) is 0 Å². The number of aryl methyl sites for hydroxylation is 2. The van der Waals surface area contributed by atoms with Gasteiger partial charge in [-0.3, -0.25) is 9.59 Å². The van der Waals surface area contributed by atoms with Gasteiger partial charge in [-0.2, -0.15) is 0 Å². The zero-order valence-electron chi connectivity index (χ0n) is 27.5. The average molecular weight is 586 g/mol. The zero-order chi connectivity index (χ0) is 31.1. The fourth-order valence-corrected chi connectivity index (χ4v) is 7.26. The van der Waals surface area contributed by atoms with E-state index in [1.54, 1.807) is 0 Å². The predicted octanol–water partition coefficient (Wildman–Crippen LogP) is 7.56. The van der Waals surface area contributed by atoms with E-state index in [2.05, 4.69) is 86.2 Å². The van der Waals surface area contributed by atoms with Crippen molar-refractivity contribution >= 4 is 22.8 Å². The molecule has 6 heteroatoms. The topological polar surface area (TPSA) is 74.4 Å². The molecule has 2 aromatic carbocycles. The van der Waals surface area contributed by atoms with Crippen molar-refractivity contribution in [3.05, 3.63) is 58.7 Å². The summed E-state index contributed by atoms with van der Waals surface area (Å²) in [6.45, 7) is 18.6. The van der Waals surface area contributed by atoms with E-state index in [1.165, 1.54) is 35.1 Å². The summed E-state index contributed by atoms with van der Waals surface area (Å²) in [5.41, 5.74) is 7.04. The van der Waals surface area contributed by atoms with Crippen LogP contribution in [0.2, 0.25) is 0 Å². The molecular formula is C37H51N3O3. The third-order valence-electron chi connectivity index (χ3n) is 9.45. The van der Waals surface area contributed by atoms with Gasteiger partial charge in [0.05, 0.1) is 17.5 Å². The molecule has 232 valence electrons. The second-order valence-corrected chi connectivity index (χ2v) is 14.7. The highest BCUT2D eigenvalue weighted by molar-refractivity contribution is 5.94. The first-order chi connectivity index (χ1) is 20.2. The molecule has 3 fully saturated rings. The Balaban J connectivity index is 1.45. The Kier molecular flexibility index (Phi) is 8.82. The quantitative estimate of drug-likeness (QED) is 0.201. The first kappa shape index (κ1) is 31.3. The number of fused-ring (bicyclic) bond motifs is 4. The summed E-state index contributed by atoms with van der Waals surface area (Å²) in [5, 5.41) is 4.66. The molecule has 1 aliphatic carbocycles. The number of nitrogens with zero attached hydrogens (tertiary/aromatic N) is 1. The van der Waals surface area contributed by atoms with Gasteiger partial charge in [0.2, 0.25) is 5.91 Å². The van der Waals surface area contributed by atoms with Gasteiger partial charge in [-0.15, -0.1) is 0 Å². The maximum Gasteiger partial charge on any atom is 0.307 e. The Morgan fingerprint density at radius 1 is 1.00 bits per heavy atom. The number of carbonyl (C=O) groups is 2. The van der Waals surface area contributed by atoms with Crippen LogP contribution in [0.3, 0.4) is 0 Å². The van der Waals surface area contributed by atoms with Crippen LogP contribution in [0.15, 0.2) is 36.4 Å². The highest BCUT2D eigenvalue weighted by Crippen LogP contribution is 2.41. The molecule has 1 aromatic heterocycles. The minimum atomic E-state index is -0.616. The molecule has 1 saturated carbocycles. The van der Waals surface area contributed by atoms with Gasteiger partial charge in [-0.25, -0.2) is 0 Å². The van der Waals surface area contributed by atoms with Crippen LogP contribution in [0.4, 0.5) is 0 Å². The molecule has 3 heterocycles. The lowest BCUT2D eigenvalue weighted by molar-refractivity contribution is -0.154. The van der Waals surface area contributed by atoms with Gasteiger partial charge in [0, 0.05) is 36.6 Å². The first-order valence-corrected chi connectivity index (χ1v) is 16.2. The summed E-state index contributed by atoms with van der Waals surface area (Å²) in [5.74, 6) is 0.890. The Morgan fingerprint density at radius 2 is 1.67 bits per heavy atom. The van der Waals surface area contributed by atoms with Gasteiger partial charge >= 0.3 is 5.97 Å². The van der Waals surface area contributed by atoms with E-state index >= 15 is 0 Å². The van der Waals surface area contributed by atoms with Gasteiger partial charge in [-0.1, -0.05) is 30.2 Å². The second kappa shape index (κ2) is 12.1. The van der Waals surface area contributed by atoms with E-state index in [1.807, 2.05) is 20.8 Å². The number of rotatable bonds is 9. The van der Waals surface area contributed by atoms with Crippen molar-refractivity contribution in [2.24, 2.45) is 5.92 Å². The molecule has 2 N–H and O–H groups in total. The number of hydrogen-bond acceptors (Lipinski definition) is 4. The third kappa shape index (κ3) is 6.85. The molecule has 2 aliphatic heterocycles. The monoisotopic (exact) mass is 585 g/mol. The molecule has 3 aliphatic rings. The number of piperidine rings is 2. The van der Waals surface area contributed by atoms with Crippen LogP contribution in [0.1, 0.15) is 102 Å². The molecule has 2 bridgehead atoms. The van der Waals surface area contributed by atoms with E-state index in [0.717, 1.165) is 48.1 Å². The van der Waals surface area contributed by atoms with Crippen LogP contribution in [-0.2, 0) is 19.7 Å². The smallest absolute Gasteiger partial charge is 0.307 e. The minimum absolute atomic E-state index is 0.162. The molecule has 0 spiro atoms. The molecule has 0 unspecified atom stereocenters. The lowest BCUT2D eigenvalue weighted by Crippen LogP contribution is -2.55. The maximum atomic E-state index is 14.1. The number of amides is 1. The SMILES string of the molecule is Cc1cc(C)cc(-c2[nH]c3ccc(C(C)(C)C(=O)N4CC5CCC4CC5)cc3c2[C@H](C)CNCCC(=O)OC(C)(C)C)c1. The van der Waals surface area contributed by atoms with Crippen LogP contribution in [0, 0.1) is 19.8 Å². The van der Waals surface area contributed by atoms with Gasteiger partial charge in [0.15, 0.2) is 0 Å². The Bertz CT molecular complexity index is 1470. The Morgan fingerprint density at radius 3 is 2.28 bits per heavy atom. The second-order valence-electron chi connectivity index (χ2n) is 14.7. The van der Waals surface area contributed by atoms with E-state index in [4.69, 9.17) is 4.74 Å². The Hall–Kier alpha value is -3.12. The predicted molar refractivity (Wildman–Crippen MR) is 175 cm³/mol. The summed E-state index contributed by atoms with van der Waals surface area (Å²) in [4.78, 5) is 32.2. The van der Waals surface area contributed by atoms with Gasteiger partial charge < -0.3 is 19.9 Å². The van der Waals surface area contributed by atoms with E-state index in [0.29, 0.717) is 24.9 Å². The number of benzene rings is 2. The maximum absolute atomic E-state index is 14.1. The van der Waals surface area contributed by atoms with Crippen molar-refractivity contribution in [1.29, 1.82) is 0 Å². The molecule has 0 radical (unpaired) electrons. The van der Waals surface area contributed by atoms with E-state index in [-0.39, 0.29) is 17.8 Å². The summed E-state index contributed by atoms with van der Waals surface area (Å²) in [6, 6.07) is 13.6. The molecule has 1 atom stereocenters. The summed E-state index contributed by atoms with van der Waals surface area (Å²) in [7, 11) is 0. The fraction of sp³-hybridized carbons (Fsp3) is 0.568. The number of ether oxygens (including phenoxy) is 1. The van der Waals surface area contributed by atoms with Crippen LogP contribution in [-0.4, -0.2) is 53.0 Å². The highest BCUT2D eigenvalue weighted by Gasteiger charge is 2.42. The number of H-pyrrole nitrogens is 1. The fourth-order valence-electron chi connectivity index (χ4n) is 7.26. The summed E-state index contributed by atoms with van der Waals surface area (Å²) < 4.78 is 5.48. The molecule has 1 amide bonds. The number of aromatic amines is 1. The van der Waals surface area contributed by atoms with E-state index < -0.39 is 11.0 Å². The number of aromatic nitrogens is 1. The highest BCUT2D eigenvalue weighted by atomic mass is 16.6. The minimum Gasteiger partial charge on any atom is -0.460 e. The summed E-state index contributed by atoms with van der Waals surface area (Å²) >= 11 is 0. The number of hydrogen-bond donors (Lipinski definition) is 2. The number of carbonyl (C=O) groups excluding carboxylic acids is 2. The lowest BCUT2D eigenvalue weighted by Gasteiger charge is -2.47. The number of esters is 1. The van der Waals surface area contributed by atoms with Gasteiger partial charge in [0.25, 0.3) is 0 Å². The summed E-state index contributed by atoms with van der Waals surface area (Å²) in [6.07, 6.45) is 5.15. The van der Waals surface area contributed by atoms with Crippen LogP contribution >= 0.6 is 0 Å². The lowest BCUT2D eigenvalue weighted by atomic mass is 9.76.